The number of anilines is 3. The normalized spacial score (nSPS) is 21.8. The van der Waals surface area contributed by atoms with E-state index in [0.29, 0.717) is 11.6 Å². The quantitative estimate of drug-likeness (QED) is 0.892. The van der Waals surface area contributed by atoms with Crippen molar-refractivity contribution in [2.24, 2.45) is 5.92 Å². The maximum atomic E-state index is 5.86. The fourth-order valence-corrected chi connectivity index (χ4v) is 4.01. The lowest BCUT2D eigenvalue weighted by Gasteiger charge is -2.39. The highest BCUT2D eigenvalue weighted by atomic mass is 15.3. The number of piperidine rings is 1. The average Bonchev–Trinajstić information content (AvgIpc) is 2.69. The number of nitrogen functional groups attached to an aromatic ring is 1. The molecule has 2 fully saturated rings. The molecule has 2 N–H and O–H groups in total. The summed E-state index contributed by atoms with van der Waals surface area (Å²) in [7, 11) is 0. The van der Waals surface area contributed by atoms with Crippen LogP contribution in [-0.4, -0.2) is 65.9 Å². The average molecular weight is 353 g/mol. The molecular formula is C19H27N7. The van der Waals surface area contributed by atoms with Crippen molar-refractivity contribution < 1.29 is 0 Å². The van der Waals surface area contributed by atoms with E-state index in [0.717, 1.165) is 57.4 Å². The van der Waals surface area contributed by atoms with Crippen LogP contribution in [0.3, 0.4) is 0 Å². The van der Waals surface area contributed by atoms with E-state index in [1.54, 1.807) is 6.20 Å². The number of piperazine rings is 1. The Morgan fingerprint density at radius 3 is 2.69 bits per heavy atom. The van der Waals surface area contributed by atoms with Crippen LogP contribution in [0.15, 0.2) is 36.7 Å². The summed E-state index contributed by atoms with van der Waals surface area (Å²) in [4.78, 5) is 11.8. The Morgan fingerprint density at radius 1 is 1.04 bits per heavy atom. The van der Waals surface area contributed by atoms with Gasteiger partial charge in [-0.25, -0.2) is 4.98 Å². The maximum Gasteiger partial charge on any atom is 0.153 e. The van der Waals surface area contributed by atoms with Crippen molar-refractivity contribution in [1.29, 1.82) is 0 Å². The Balaban J connectivity index is 1.29. The summed E-state index contributed by atoms with van der Waals surface area (Å²) in [6, 6.07) is 8.06. The number of rotatable bonds is 4. The molecule has 7 nitrogen and oxygen atoms in total. The second kappa shape index (κ2) is 7.86. The molecule has 2 aromatic heterocycles. The van der Waals surface area contributed by atoms with Gasteiger partial charge in [0.25, 0.3) is 0 Å². The van der Waals surface area contributed by atoms with Gasteiger partial charge in [0.1, 0.15) is 5.82 Å². The highest BCUT2D eigenvalue weighted by molar-refractivity contribution is 5.48. The lowest BCUT2D eigenvalue weighted by atomic mass is 9.97. The van der Waals surface area contributed by atoms with Crippen LogP contribution in [0.25, 0.3) is 0 Å². The van der Waals surface area contributed by atoms with Crippen LogP contribution >= 0.6 is 0 Å². The lowest BCUT2D eigenvalue weighted by molar-refractivity contribution is 0.205. The molecule has 0 amide bonds. The fraction of sp³-hybridized carbons (Fsp3) is 0.526. The van der Waals surface area contributed by atoms with Gasteiger partial charge in [0, 0.05) is 58.1 Å². The minimum atomic E-state index is 0.674. The predicted octanol–water partition coefficient (Wildman–Crippen LogP) is 1.49. The van der Waals surface area contributed by atoms with Gasteiger partial charge in [-0.3, -0.25) is 4.90 Å². The zero-order chi connectivity index (χ0) is 17.8. The third-order valence-corrected chi connectivity index (χ3v) is 5.37. The van der Waals surface area contributed by atoms with Gasteiger partial charge in [0.15, 0.2) is 5.82 Å². The standard InChI is InChI=1S/C19H27N7/c20-17-12-19(23-22-13-17)26-7-3-4-16(15-26)14-24-8-10-25(11-9-24)18-5-1-2-6-21-18/h1-2,5-6,12-13,16H,3-4,7-11,14-15H2,(H2,20,23). The van der Waals surface area contributed by atoms with E-state index in [2.05, 4.69) is 42.0 Å². The van der Waals surface area contributed by atoms with Crippen LogP contribution in [0.5, 0.6) is 0 Å². The number of hydrogen-bond donors (Lipinski definition) is 1. The molecule has 7 heteroatoms. The largest absolute Gasteiger partial charge is 0.397 e. The van der Waals surface area contributed by atoms with Gasteiger partial charge >= 0.3 is 0 Å². The third kappa shape index (κ3) is 4.04. The number of hydrogen-bond acceptors (Lipinski definition) is 7. The Hall–Kier alpha value is -2.41. The Kier molecular flexibility index (Phi) is 5.15. The van der Waals surface area contributed by atoms with E-state index in [1.165, 1.54) is 12.8 Å². The molecule has 0 bridgehead atoms. The summed E-state index contributed by atoms with van der Waals surface area (Å²) in [6.45, 7) is 7.54. The van der Waals surface area contributed by atoms with Gasteiger partial charge < -0.3 is 15.5 Å². The zero-order valence-corrected chi connectivity index (χ0v) is 15.2. The first-order valence-electron chi connectivity index (χ1n) is 9.49. The molecule has 0 radical (unpaired) electrons. The number of nitrogens with two attached hydrogens (primary N) is 1. The zero-order valence-electron chi connectivity index (χ0n) is 15.2. The molecule has 1 unspecified atom stereocenters. The lowest BCUT2D eigenvalue weighted by Crippen LogP contribution is -2.50. The Morgan fingerprint density at radius 2 is 1.92 bits per heavy atom. The highest BCUT2D eigenvalue weighted by Crippen LogP contribution is 2.23. The van der Waals surface area contributed by atoms with Gasteiger partial charge in [0.2, 0.25) is 0 Å². The molecule has 2 aliphatic heterocycles. The van der Waals surface area contributed by atoms with Crippen LogP contribution in [0, 0.1) is 5.92 Å². The van der Waals surface area contributed by atoms with Crippen molar-refractivity contribution in [3.05, 3.63) is 36.7 Å². The summed E-state index contributed by atoms with van der Waals surface area (Å²) < 4.78 is 0. The summed E-state index contributed by atoms with van der Waals surface area (Å²) in [5, 5.41) is 8.26. The molecule has 2 saturated heterocycles. The Bertz CT molecular complexity index is 700. The van der Waals surface area contributed by atoms with E-state index < -0.39 is 0 Å². The molecule has 2 aliphatic rings. The van der Waals surface area contributed by atoms with Crippen molar-refractivity contribution in [3.8, 4) is 0 Å². The first-order valence-corrected chi connectivity index (χ1v) is 9.49. The van der Waals surface area contributed by atoms with E-state index in [4.69, 9.17) is 5.73 Å². The predicted molar refractivity (Wildman–Crippen MR) is 104 cm³/mol. The van der Waals surface area contributed by atoms with Crippen molar-refractivity contribution in [3.63, 3.8) is 0 Å². The van der Waals surface area contributed by atoms with Crippen molar-refractivity contribution in [1.82, 2.24) is 20.1 Å². The minimum absolute atomic E-state index is 0.674. The number of nitrogens with zero attached hydrogens (tertiary/aromatic N) is 6. The van der Waals surface area contributed by atoms with Crippen LogP contribution in [0.2, 0.25) is 0 Å². The van der Waals surface area contributed by atoms with E-state index in [9.17, 15) is 0 Å². The molecular weight excluding hydrogens is 326 g/mol. The van der Waals surface area contributed by atoms with Crippen molar-refractivity contribution in [2.75, 3.05) is 61.3 Å². The SMILES string of the molecule is Nc1cnnc(N2CCCC(CN3CCN(c4ccccn4)CC3)C2)c1. The summed E-state index contributed by atoms with van der Waals surface area (Å²) in [6.07, 6.45) is 5.96. The van der Waals surface area contributed by atoms with Gasteiger partial charge in [-0.05, 0) is 30.9 Å². The molecule has 4 heterocycles. The van der Waals surface area contributed by atoms with Gasteiger partial charge in [0.05, 0.1) is 11.9 Å². The van der Waals surface area contributed by atoms with E-state index >= 15 is 0 Å². The minimum Gasteiger partial charge on any atom is -0.397 e. The van der Waals surface area contributed by atoms with Crippen LogP contribution in [0.1, 0.15) is 12.8 Å². The Labute approximate surface area is 154 Å². The molecule has 26 heavy (non-hydrogen) atoms. The molecule has 0 aliphatic carbocycles. The second-order valence-electron chi connectivity index (χ2n) is 7.28. The maximum absolute atomic E-state index is 5.86. The van der Waals surface area contributed by atoms with Crippen molar-refractivity contribution >= 4 is 17.3 Å². The first-order chi connectivity index (χ1) is 12.8. The summed E-state index contributed by atoms with van der Waals surface area (Å²) >= 11 is 0. The molecule has 1 atom stereocenters. The van der Waals surface area contributed by atoms with Crippen LogP contribution in [0.4, 0.5) is 17.3 Å². The van der Waals surface area contributed by atoms with Gasteiger partial charge in [-0.1, -0.05) is 6.07 Å². The summed E-state index contributed by atoms with van der Waals surface area (Å²) in [5.74, 6) is 2.68. The van der Waals surface area contributed by atoms with Crippen LogP contribution < -0.4 is 15.5 Å². The topological polar surface area (TPSA) is 74.4 Å². The number of aromatic nitrogens is 3. The fourth-order valence-electron chi connectivity index (χ4n) is 4.01. The van der Waals surface area contributed by atoms with Gasteiger partial charge in [-0.2, -0.15) is 5.10 Å². The smallest absolute Gasteiger partial charge is 0.153 e. The molecule has 0 aromatic carbocycles. The highest BCUT2D eigenvalue weighted by Gasteiger charge is 2.25. The third-order valence-electron chi connectivity index (χ3n) is 5.37. The van der Waals surface area contributed by atoms with Crippen LogP contribution in [-0.2, 0) is 0 Å². The van der Waals surface area contributed by atoms with E-state index in [-0.39, 0.29) is 0 Å². The second-order valence-corrected chi connectivity index (χ2v) is 7.28. The molecule has 4 rings (SSSR count). The molecule has 138 valence electrons. The monoisotopic (exact) mass is 353 g/mol. The van der Waals surface area contributed by atoms with Gasteiger partial charge in [-0.15, -0.1) is 5.10 Å². The number of pyridine rings is 1. The summed E-state index contributed by atoms with van der Waals surface area (Å²) in [5.41, 5.74) is 6.55. The van der Waals surface area contributed by atoms with Crippen molar-refractivity contribution in [2.45, 2.75) is 12.8 Å². The molecule has 2 aromatic rings. The van der Waals surface area contributed by atoms with E-state index in [1.807, 2.05) is 18.3 Å². The molecule has 0 spiro atoms. The first kappa shape index (κ1) is 17.0. The molecule has 0 saturated carbocycles.